The summed E-state index contributed by atoms with van der Waals surface area (Å²) in [6, 6.07) is 0. The normalized spacial score (nSPS) is 12.1. The van der Waals surface area contributed by atoms with Crippen LogP contribution in [0.25, 0.3) is 0 Å². The number of thioether (sulfide) groups is 1. The van der Waals surface area contributed by atoms with Crippen molar-refractivity contribution in [1.29, 1.82) is 0 Å². The lowest BCUT2D eigenvalue weighted by Crippen LogP contribution is -2.35. The summed E-state index contributed by atoms with van der Waals surface area (Å²) in [5, 5.41) is 0.0438. The summed E-state index contributed by atoms with van der Waals surface area (Å²) in [5.74, 6) is -0.414. The number of amides is 1. The van der Waals surface area contributed by atoms with E-state index in [0.717, 1.165) is 0 Å². The van der Waals surface area contributed by atoms with Gasteiger partial charge in [-0.05, 0) is 12.8 Å². The lowest BCUT2D eigenvalue weighted by molar-refractivity contribution is -0.128. The van der Waals surface area contributed by atoms with E-state index < -0.39 is 5.97 Å². The molecule has 0 radical (unpaired) electrons. The summed E-state index contributed by atoms with van der Waals surface area (Å²) in [4.78, 5) is 33.6. The maximum Gasteiger partial charge on any atom is 0.343 e. The van der Waals surface area contributed by atoms with Crippen molar-refractivity contribution in [1.82, 2.24) is 14.9 Å². The van der Waals surface area contributed by atoms with E-state index in [-0.39, 0.29) is 35.1 Å². The highest BCUT2D eigenvalue weighted by Crippen LogP contribution is 2.27. The van der Waals surface area contributed by atoms with Crippen LogP contribution in [0.1, 0.15) is 31.1 Å². The number of aromatic nitrogens is 2. The Balaban J connectivity index is 2.96. The summed E-state index contributed by atoms with van der Waals surface area (Å²) in [6.45, 7) is 5.87. The first-order valence-electron chi connectivity index (χ1n) is 6.95. The fourth-order valence-corrected chi connectivity index (χ4v) is 2.72. The molecule has 0 aliphatic carbocycles. The van der Waals surface area contributed by atoms with Crippen LogP contribution in [0.3, 0.4) is 0 Å². The molecule has 0 unspecified atom stereocenters. The van der Waals surface area contributed by atoms with Crippen molar-refractivity contribution in [2.75, 3.05) is 26.4 Å². The van der Waals surface area contributed by atoms with E-state index >= 15 is 0 Å². The molecule has 0 saturated carbocycles. The van der Waals surface area contributed by atoms with Crippen molar-refractivity contribution in [2.24, 2.45) is 5.92 Å². The predicted molar refractivity (Wildman–Crippen MR) is 85.6 cm³/mol. The molecule has 0 spiro atoms. The number of nitrogens with two attached hydrogens (primary N) is 1. The Kier molecular flexibility index (Phi) is 6.61. The van der Waals surface area contributed by atoms with E-state index in [4.69, 9.17) is 10.5 Å². The molecule has 0 aliphatic heterocycles. The second kappa shape index (κ2) is 7.98. The minimum Gasteiger partial charge on any atom is -0.462 e. The largest absolute Gasteiger partial charge is 0.462 e. The molecule has 0 bridgehead atoms. The summed E-state index contributed by atoms with van der Waals surface area (Å²) in [5.41, 5.74) is 5.91. The molecular weight excluding hydrogens is 304 g/mol. The minimum absolute atomic E-state index is 0.0170. The molecular formula is C14H22N4O3S. The molecule has 1 atom stereocenters. The van der Waals surface area contributed by atoms with Crippen molar-refractivity contribution in [3.63, 3.8) is 0 Å². The number of nitrogens with zero attached hydrogens (tertiary/aromatic N) is 3. The molecule has 0 aromatic carbocycles. The number of carbonyl (C=O) groups is 2. The Morgan fingerprint density at radius 1 is 1.41 bits per heavy atom. The van der Waals surface area contributed by atoms with E-state index in [1.54, 1.807) is 21.0 Å². The predicted octanol–water partition coefficient (Wildman–Crippen LogP) is 1.44. The summed E-state index contributed by atoms with van der Waals surface area (Å²) in [6.07, 6.45) is 1.33. The van der Waals surface area contributed by atoms with Gasteiger partial charge in [-0.15, -0.1) is 0 Å². The average Bonchev–Trinajstić information content (AvgIpc) is 2.43. The van der Waals surface area contributed by atoms with Gasteiger partial charge in [0.25, 0.3) is 0 Å². The molecule has 1 rings (SSSR count). The average molecular weight is 326 g/mol. The van der Waals surface area contributed by atoms with Crippen LogP contribution in [0.5, 0.6) is 0 Å². The van der Waals surface area contributed by atoms with E-state index in [9.17, 15) is 9.59 Å². The van der Waals surface area contributed by atoms with E-state index in [1.165, 1.54) is 22.9 Å². The van der Waals surface area contributed by atoms with Gasteiger partial charge in [-0.3, -0.25) is 4.79 Å². The molecule has 0 aliphatic rings. The zero-order chi connectivity index (χ0) is 16.9. The number of hydrogen-bond donors (Lipinski definition) is 1. The van der Waals surface area contributed by atoms with Crippen molar-refractivity contribution >= 4 is 29.5 Å². The van der Waals surface area contributed by atoms with Gasteiger partial charge < -0.3 is 15.4 Å². The van der Waals surface area contributed by atoms with Gasteiger partial charge in [0.15, 0.2) is 5.16 Å². The Bertz CT molecular complexity index is 549. The van der Waals surface area contributed by atoms with Crippen LogP contribution in [0.15, 0.2) is 11.4 Å². The van der Waals surface area contributed by atoms with Crippen molar-refractivity contribution in [3.05, 3.63) is 11.8 Å². The zero-order valence-corrected chi connectivity index (χ0v) is 14.3. The molecule has 1 heterocycles. The molecule has 7 nitrogen and oxygen atoms in total. The second-order valence-electron chi connectivity index (χ2n) is 5.19. The molecule has 1 amide bonds. The Hall–Kier alpha value is -1.83. The van der Waals surface area contributed by atoms with Gasteiger partial charge in [0.05, 0.1) is 11.9 Å². The molecule has 1 aromatic rings. The van der Waals surface area contributed by atoms with Crippen molar-refractivity contribution in [2.45, 2.75) is 31.2 Å². The van der Waals surface area contributed by atoms with Crippen LogP contribution in [0.4, 0.5) is 5.82 Å². The van der Waals surface area contributed by atoms with Crippen LogP contribution in [0, 0.1) is 5.92 Å². The zero-order valence-electron chi connectivity index (χ0n) is 13.5. The fraction of sp³-hybridized carbons (Fsp3) is 0.571. The first-order valence-corrected chi connectivity index (χ1v) is 7.83. The van der Waals surface area contributed by atoms with Crippen LogP contribution in [-0.2, 0) is 9.53 Å². The third-order valence-corrected chi connectivity index (χ3v) is 4.22. The topological polar surface area (TPSA) is 98.4 Å². The molecule has 22 heavy (non-hydrogen) atoms. The van der Waals surface area contributed by atoms with Gasteiger partial charge in [-0.2, -0.15) is 0 Å². The van der Waals surface area contributed by atoms with E-state index in [1.807, 2.05) is 13.8 Å². The smallest absolute Gasteiger partial charge is 0.343 e. The number of rotatable bonds is 6. The van der Waals surface area contributed by atoms with Crippen LogP contribution >= 0.6 is 11.8 Å². The van der Waals surface area contributed by atoms with E-state index in [0.29, 0.717) is 5.16 Å². The SMILES string of the molecule is CCOC(=O)c1cnc(S[C@H](C(=O)N(C)C)C(C)C)nc1N. The van der Waals surface area contributed by atoms with E-state index in [2.05, 4.69) is 9.97 Å². The molecule has 1 aromatic heterocycles. The molecule has 2 N–H and O–H groups in total. The lowest BCUT2D eigenvalue weighted by atomic mass is 10.1. The highest BCUT2D eigenvalue weighted by molar-refractivity contribution is 8.00. The van der Waals surface area contributed by atoms with Gasteiger partial charge in [-0.25, -0.2) is 14.8 Å². The standard InChI is InChI=1S/C14H22N4O3S/c1-6-21-13(20)9-7-16-14(17-11(9)15)22-10(8(2)3)12(19)18(4)5/h7-8,10H,6H2,1-5H3,(H2,15,16,17)/t10-/m0/s1. The van der Waals surface area contributed by atoms with Gasteiger partial charge in [-0.1, -0.05) is 25.6 Å². The Morgan fingerprint density at radius 2 is 2.05 bits per heavy atom. The maximum atomic E-state index is 12.2. The first-order chi connectivity index (χ1) is 10.3. The third kappa shape index (κ3) is 4.59. The van der Waals surface area contributed by atoms with Gasteiger partial charge in [0.1, 0.15) is 11.4 Å². The second-order valence-corrected chi connectivity index (χ2v) is 6.30. The van der Waals surface area contributed by atoms with Gasteiger partial charge in [0, 0.05) is 20.3 Å². The number of hydrogen-bond acceptors (Lipinski definition) is 7. The number of nitrogen functional groups attached to an aromatic ring is 1. The number of esters is 1. The highest BCUT2D eigenvalue weighted by Gasteiger charge is 2.26. The quantitative estimate of drug-likeness (QED) is 0.480. The number of carbonyl (C=O) groups excluding carboxylic acids is 2. The van der Waals surface area contributed by atoms with Crippen LogP contribution in [0.2, 0.25) is 0 Å². The molecule has 8 heteroatoms. The highest BCUT2D eigenvalue weighted by atomic mass is 32.2. The van der Waals surface area contributed by atoms with Gasteiger partial charge >= 0.3 is 5.97 Å². The molecule has 0 fully saturated rings. The van der Waals surface area contributed by atoms with Crippen molar-refractivity contribution < 1.29 is 14.3 Å². The Morgan fingerprint density at radius 3 is 2.50 bits per heavy atom. The fourth-order valence-electron chi connectivity index (χ4n) is 1.64. The number of ether oxygens (including phenoxy) is 1. The molecule has 0 saturated heterocycles. The number of anilines is 1. The lowest BCUT2D eigenvalue weighted by Gasteiger charge is -2.22. The summed E-state index contributed by atoms with van der Waals surface area (Å²) in [7, 11) is 3.41. The van der Waals surface area contributed by atoms with Crippen molar-refractivity contribution in [3.8, 4) is 0 Å². The van der Waals surface area contributed by atoms with Crippen LogP contribution < -0.4 is 5.73 Å². The molecule has 122 valence electrons. The minimum atomic E-state index is -0.554. The Labute approximate surface area is 134 Å². The first kappa shape index (κ1) is 18.2. The van der Waals surface area contributed by atoms with Crippen LogP contribution in [-0.4, -0.2) is 52.7 Å². The summed E-state index contributed by atoms with van der Waals surface area (Å²) < 4.78 is 4.87. The summed E-state index contributed by atoms with van der Waals surface area (Å²) >= 11 is 1.24. The third-order valence-electron chi connectivity index (χ3n) is 2.81. The monoisotopic (exact) mass is 326 g/mol. The van der Waals surface area contributed by atoms with Gasteiger partial charge in [0.2, 0.25) is 5.91 Å². The maximum absolute atomic E-state index is 12.2.